The van der Waals surface area contributed by atoms with E-state index in [9.17, 15) is 8.42 Å². The van der Waals surface area contributed by atoms with Crippen molar-refractivity contribution in [2.24, 2.45) is 0 Å². The molecule has 0 saturated carbocycles. The van der Waals surface area contributed by atoms with Crippen LogP contribution in [0.15, 0.2) is 36.9 Å². The fourth-order valence-corrected chi connectivity index (χ4v) is 2.38. The predicted molar refractivity (Wildman–Crippen MR) is 78.4 cm³/mol. The molecule has 0 aliphatic carbocycles. The number of rotatable bonds is 7. The zero-order chi connectivity index (χ0) is 12.7. The van der Waals surface area contributed by atoms with Gasteiger partial charge in [-0.3, -0.25) is 0 Å². The highest BCUT2D eigenvalue weighted by atomic mass is 35.5. The molecule has 0 unspecified atom stereocenters. The molecule has 4 nitrogen and oxygen atoms in total. The first kappa shape index (κ1) is 17.0. The van der Waals surface area contributed by atoms with Gasteiger partial charge in [0, 0.05) is 12.2 Å². The summed E-state index contributed by atoms with van der Waals surface area (Å²) in [5.41, 5.74) is 7.33. The molecule has 18 heavy (non-hydrogen) atoms. The molecule has 0 fully saturated rings. The van der Waals surface area contributed by atoms with Crippen LogP contribution in [0.4, 0.5) is 5.69 Å². The summed E-state index contributed by atoms with van der Waals surface area (Å²) in [7, 11) is -3.17. The Bertz CT molecular complexity index is 457. The largest absolute Gasteiger partial charge is 0.399 e. The smallest absolute Gasteiger partial charge is 0.211 e. The average Bonchev–Trinajstić information content (AvgIpc) is 2.29. The zero-order valence-electron chi connectivity index (χ0n) is 10.1. The number of nitrogens with two attached hydrogens (primary N) is 1. The first-order valence-electron chi connectivity index (χ1n) is 5.46. The van der Waals surface area contributed by atoms with Gasteiger partial charge in [0.25, 0.3) is 0 Å². The molecule has 0 bridgehead atoms. The number of nitrogens with one attached hydrogen (secondary N) is 1. The molecule has 1 aromatic rings. The number of benzene rings is 1. The van der Waals surface area contributed by atoms with Crippen LogP contribution in [0, 0.1) is 0 Å². The highest BCUT2D eigenvalue weighted by Crippen LogP contribution is 2.05. The molecule has 3 N–H and O–H groups in total. The van der Waals surface area contributed by atoms with Crippen LogP contribution in [-0.4, -0.2) is 20.7 Å². The Morgan fingerprint density at radius 3 is 2.44 bits per heavy atom. The summed E-state index contributed by atoms with van der Waals surface area (Å²) in [5, 5.41) is 0. The standard InChI is InChI=1S/C12H18N2O2S.ClH/c1-2-3-10-17(15,16)14-9-8-11-4-6-12(13)7-5-11;/h2,4-7,14H,1,3,8-10,13H2;1H. The van der Waals surface area contributed by atoms with Crippen molar-refractivity contribution in [1.29, 1.82) is 0 Å². The minimum Gasteiger partial charge on any atom is -0.399 e. The fraction of sp³-hybridized carbons (Fsp3) is 0.333. The first-order valence-corrected chi connectivity index (χ1v) is 7.11. The van der Waals surface area contributed by atoms with E-state index in [1.165, 1.54) is 0 Å². The van der Waals surface area contributed by atoms with Crippen LogP contribution < -0.4 is 10.5 Å². The SMILES string of the molecule is C=CCCS(=O)(=O)NCCc1ccc(N)cc1.Cl. The lowest BCUT2D eigenvalue weighted by atomic mass is 10.1. The minimum absolute atomic E-state index is 0. The Morgan fingerprint density at radius 1 is 1.28 bits per heavy atom. The highest BCUT2D eigenvalue weighted by molar-refractivity contribution is 7.89. The van der Waals surface area contributed by atoms with Gasteiger partial charge in [-0.1, -0.05) is 18.2 Å². The average molecular weight is 291 g/mol. The van der Waals surface area contributed by atoms with E-state index in [4.69, 9.17) is 5.73 Å². The third kappa shape index (κ3) is 6.64. The summed E-state index contributed by atoms with van der Waals surface area (Å²) in [6.45, 7) is 3.90. The van der Waals surface area contributed by atoms with Crippen molar-refractivity contribution in [3.8, 4) is 0 Å². The number of hydrogen-bond donors (Lipinski definition) is 2. The van der Waals surface area contributed by atoms with Gasteiger partial charge in [0.1, 0.15) is 0 Å². The lowest BCUT2D eigenvalue weighted by molar-refractivity contribution is 0.581. The number of hydrogen-bond acceptors (Lipinski definition) is 3. The Balaban J connectivity index is 0.00000289. The highest BCUT2D eigenvalue weighted by Gasteiger charge is 2.07. The van der Waals surface area contributed by atoms with Gasteiger partial charge < -0.3 is 5.73 Å². The second kappa shape index (κ2) is 8.13. The van der Waals surface area contributed by atoms with Crippen molar-refractivity contribution in [2.45, 2.75) is 12.8 Å². The van der Waals surface area contributed by atoms with Crippen molar-refractivity contribution in [3.05, 3.63) is 42.5 Å². The van der Waals surface area contributed by atoms with E-state index in [0.717, 1.165) is 5.56 Å². The van der Waals surface area contributed by atoms with Crippen LogP contribution in [-0.2, 0) is 16.4 Å². The van der Waals surface area contributed by atoms with Crippen molar-refractivity contribution < 1.29 is 8.42 Å². The number of halogens is 1. The van der Waals surface area contributed by atoms with Crippen molar-refractivity contribution in [2.75, 3.05) is 18.0 Å². The van der Waals surface area contributed by atoms with E-state index in [2.05, 4.69) is 11.3 Å². The van der Waals surface area contributed by atoms with Crippen LogP contribution in [0.5, 0.6) is 0 Å². The summed E-state index contributed by atoms with van der Waals surface area (Å²) in [5.74, 6) is 0.0955. The van der Waals surface area contributed by atoms with Crippen LogP contribution in [0.25, 0.3) is 0 Å². The lowest BCUT2D eigenvalue weighted by Gasteiger charge is -2.05. The van der Waals surface area contributed by atoms with Crippen molar-refractivity contribution >= 4 is 28.1 Å². The Hall–Kier alpha value is -1.04. The third-order valence-electron chi connectivity index (χ3n) is 2.31. The topological polar surface area (TPSA) is 72.2 Å². The van der Waals surface area contributed by atoms with E-state index >= 15 is 0 Å². The monoisotopic (exact) mass is 290 g/mol. The van der Waals surface area contributed by atoms with E-state index in [1.54, 1.807) is 6.08 Å². The van der Waals surface area contributed by atoms with Gasteiger partial charge >= 0.3 is 0 Å². The van der Waals surface area contributed by atoms with Gasteiger partial charge in [-0.05, 0) is 30.5 Å². The van der Waals surface area contributed by atoms with Gasteiger partial charge in [-0.2, -0.15) is 0 Å². The maximum absolute atomic E-state index is 11.5. The maximum atomic E-state index is 11.5. The summed E-state index contributed by atoms with van der Waals surface area (Å²) in [4.78, 5) is 0. The minimum atomic E-state index is -3.17. The van der Waals surface area contributed by atoms with Crippen LogP contribution >= 0.6 is 12.4 Å². The molecule has 0 aliphatic heterocycles. The summed E-state index contributed by atoms with van der Waals surface area (Å²) in [6.07, 6.45) is 2.73. The predicted octanol–water partition coefficient (Wildman–Crippen LogP) is 1.73. The molecule has 0 amide bonds. The molecule has 1 rings (SSSR count). The van der Waals surface area contributed by atoms with Crippen LogP contribution in [0.1, 0.15) is 12.0 Å². The molecule has 0 spiro atoms. The van der Waals surface area contributed by atoms with E-state index in [-0.39, 0.29) is 18.2 Å². The molecule has 0 aromatic heterocycles. The van der Waals surface area contributed by atoms with Crippen LogP contribution in [0.3, 0.4) is 0 Å². The van der Waals surface area contributed by atoms with Gasteiger partial charge in [0.2, 0.25) is 10.0 Å². The second-order valence-corrected chi connectivity index (χ2v) is 5.71. The van der Waals surface area contributed by atoms with Gasteiger partial charge in [0.05, 0.1) is 5.75 Å². The van der Waals surface area contributed by atoms with Gasteiger partial charge in [0.15, 0.2) is 0 Å². The molecule has 0 aliphatic rings. The second-order valence-electron chi connectivity index (χ2n) is 3.78. The van der Waals surface area contributed by atoms with Crippen molar-refractivity contribution in [1.82, 2.24) is 4.72 Å². The normalized spacial score (nSPS) is 10.7. The molecule has 0 atom stereocenters. The van der Waals surface area contributed by atoms with E-state index in [0.29, 0.717) is 25.1 Å². The van der Waals surface area contributed by atoms with Gasteiger partial charge in [-0.15, -0.1) is 19.0 Å². The van der Waals surface area contributed by atoms with E-state index in [1.807, 2.05) is 24.3 Å². The van der Waals surface area contributed by atoms with Crippen molar-refractivity contribution in [3.63, 3.8) is 0 Å². The third-order valence-corrected chi connectivity index (χ3v) is 3.72. The fourth-order valence-electron chi connectivity index (χ4n) is 1.35. The summed E-state index contributed by atoms with van der Waals surface area (Å²) < 4.78 is 25.5. The molecule has 6 heteroatoms. The molecule has 102 valence electrons. The molecular weight excluding hydrogens is 272 g/mol. The molecular formula is C12H19ClN2O2S. The molecule has 0 radical (unpaired) electrons. The molecule has 0 heterocycles. The lowest BCUT2D eigenvalue weighted by Crippen LogP contribution is -2.28. The zero-order valence-corrected chi connectivity index (χ0v) is 11.8. The molecule has 1 aromatic carbocycles. The summed E-state index contributed by atoms with van der Waals surface area (Å²) >= 11 is 0. The number of anilines is 1. The first-order chi connectivity index (χ1) is 8.03. The Morgan fingerprint density at radius 2 is 1.89 bits per heavy atom. The van der Waals surface area contributed by atoms with Crippen LogP contribution in [0.2, 0.25) is 0 Å². The maximum Gasteiger partial charge on any atom is 0.211 e. The Kier molecular flexibility index (Phi) is 7.66. The van der Waals surface area contributed by atoms with E-state index < -0.39 is 10.0 Å². The summed E-state index contributed by atoms with van der Waals surface area (Å²) in [6, 6.07) is 7.41. The quantitative estimate of drug-likeness (QED) is 0.593. The van der Waals surface area contributed by atoms with Gasteiger partial charge in [-0.25, -0.2) is 13.1 Å². The Labute approximate surface area is 115 Å². The molecule has 0 saturated heterocycles. The number of nitrogen functional groups attached to an aromatic ring is 1. The number of allylic oxidation sites excluding steroid dienone is 1. The number of sulfonamides is 1.